The first-order chi connectivity index (χ1) is 8.54. The summed E-state index contributed by atoms with van der Waals surface area (Å²) in [6.45, 7) is 0.449. The Balaban J connectivity index is 0.00000180. The Labute approximate surface area is 119 Å². The van der Waals surface area contributed by atoms with E-state index >= 15 is 0 Å². The normalized spacial score (nSPS) is 23.1. The van der Waals surface area contributed by atoms with Gasteiger partial charge < -0.3 is 5.73 Å². The first-order valence-corrected chi connectivity index (χ1v) is 7.50. The molecule has 2 atom stereocenters. The summed E-state index contributed by atoms with van der Waals surface area (Å²) in [4.78, 5) is -0.298. The lowest BCUT2D eigenvalue weighted by molar-refractivity contribution is 0.451. The molecule has 1 aliphatic rings. The standard InChI is InChI=1S/C12H17FN2O2S.ClH/c13-10-5-1-2-7-12(10)18(16,17)15-11-6-3-4-9(11)8-14;/h1-2,5,7,9,11,15H,3-4,6,8,14H2;1H. The Morgan fingerprint density at radius 2 is 2.00 bits per heavy atom. The van der Waals surface area contributed by atoms with Gasteiger partial charge in [0.05, 0.1) is 0 Å². The molecule has 0 heterocycles. The fourth-order valence-electron chi connectivity index (χ4n) is 2.40. The summed E-state index contributed by atoms with van der Waals surface area (Å²) in [7, 11) is -3.80. The van der Waals surface area contributed by atoms with E-state index in [9.17, 15) is 12.8 Å². The van der Waals surface area contributed by atoms with E-state index in [1.54, 1.807) is 0 Å². The zero-order valence-corrected chi connectivity index (χ0v) is 12.0. The van der Waals surface area contributed by atoms with Crippen LogP contribution in [-0.2, 0) is 10.0 Å². The average Bonchev–Trinajstić information content (AvgIpc) is 2.76. The van der Waals surface area contributed by atoms with Crippen molar-refractivity contribution >= 4 is 22.4 Å². The van der Waals surface area contributed by atoms with Crippen LogP contribution in [0.15, 0.2) is 29.2 Å². The highest BCUT2D eigenvalue weighted by molar-refractivity contribution is 7.89. The minimum Gasteiger partial charge on any atom is -0.330 e. The second kappa shape index (κ2) is 6.65. The van der Waals surface area contributed by atoms with Gasteiger partial charge in [-0.1, -0.05) is 18.6 Å². The topological polar surface area (TPSA) is 72.2 Å². The van der Waals surface area contributed by atoms with Crippen LogP contribution in [-0.4, -0.2) is 21.0 Å². The summed E-state index contributed by atoms with van der Waals surface area (Å²) in [6, 6.07) is 5.20. The van der Waals surface area contributed by atoms with E-state index in [0.717, 1.165) is 25.3 Å². The molecule has 108 valence electrons. The van der Waals surface area contributed by atoms with Crippen LogP contribution in [0, 0.1) is 11.7 Å². The predicted octanol–water partition coefficient (Wildman–Crippen LogP) is 1.65. The fraction of sp³-hybridized carbons (Fsp3) is 0.500. The summed E-state index contributed by atoms with van der Waals surface area (Å²) in [5.74, 6) is -0.584. The number of benzene rings is 1. The van der Waals surface area contributed by atoms with E-state index in [4.69, 9.17) is 5.73 Å². The third-order valence-corrected chi connectivity index (χ3v) is 4.92. The molecule has 1 saturated carbocycles. The number of hydrogen-bond donors (Lipinski definition) is 2. The quantitative estimate of drug-likeness (QED) is 0.888. The summed E-state index contributed by atoms with van der Waals surface area (Å²) < 4.78 is 40.2. The Morgan fingerprint density at radius 3 is 2.63 bits per heavy atom. The molecule has 1 aromatic rings. The van der Waals surface area contributed by atoms with Gasteiger partial charge in [-0.05, 0) is 37.4 Å². The molecule has 0 aliphatic heterocycles. The van der Waals surface area contributed by atoms with E-state index < -0.39 is 15.8 Å². The van der Waals surface area contributed by atoms with Crippen molar-refractivity contribution in [1.29, 1.82) is 0 Å². The maximum atomic E-state index is 13.5. The summed E-state index contributed by atoms with van der Waals surface area (Å²) >= 11 is 0. The molecule has 1 aromatic carbocycles. The van der Waals surface area contributed by atoms with Gasteiger partial charge in [0.15, 0.2) is 0 Å². The van der Waals surface area contributed by atoms with Crippen LogP contribution in [0.25, 0.3) is 0 Å². The number of nitrogens with one attached hydrogen (secondary N) is 1. The second-order valence-electron chi connectivity index (χ2n) is 4.58. The van der Waals surface area contributed by atoms with Crippen molar-refractivity contribution in [3.63, 3.8) is 0 Å². The fourth-order valence-corrected chi connectivity index (χ4v) is 3.82. The van der Waals surface area contributed by atoms with Crippen LogP contribution in [0.2, 0.25) is 0 Å². The minimum atomic E-state index is -3.80. The molecule has 1 fully saturated rings. The third kappa shape index (κ3) is 3.66. The average molecular weight is 309 g/mol. The molecule has 3 N–H and O–H groups in total. The van der Waals surface area contributed by atoms with Crippen LogP contribution < -0.4 is 10.5 Å². The van der Waals surface area contributed by atoms with Gasteiger partial charge in [0.25, 0.3) is 0 Å². The predicted molar refractivity (Wildman–Crippen MR) is 74.2 cm³/mol. The molecule has 0 spiro atoms. The van der Waals surface area contributed by atoms with E-state index in [-0.39, 0.29) is 29.3 Å². The lowest BCUT2D eigenvalue weighted by Gasteiger charge is -2.19. The molecule has 7 heteroatoms. The van der Waals surface area contributed by atoms with Gasteiger partial charge in [-0.3, -0.25) is 0 Å². The van der Waals surface area contributed by atoms with Crippen molar-refractivity contribution in [2.24, 2.45) is 11.7 Å². The molecule has 4 nitrogen and oxygen atoms in total. The number of nitrogens with two attached hydrogens (primary N) is 1. The number of sulfonamides is 1. The largest absolute Gasteiger partial charge is 0.330 e. The molecule has 2 rings (SSSR count). The van der Waals surface area contributed by atoms with Crippen LogP contribution in [0.1, 0.15) is 19.3 Å². The van der Waals surface area contributed by atoms with Gasteiger partial charge in [-0.2, -0.15) is 0 Å². The van der Waals surface area contributed by atoms with Crippen molar-refractivity contribution in [2.75, 3.05) is 6.54 Å². The molecule has 2 unspecified atom stereocenters. The van der Waals surface area contributed by atoms with Gasteiger partial charge in [0.2, 0.25) is 10.0 Å². The lowest BCUT2D eigenvalue weighted by Crippen LogP contribution is -2.40. The minimum absolute atomic E-state index is 0. The Hall–Kier alpha value is -0.690. The van der Waals surface area contributed by atoms with Crippen molar-refractivity contribution < 1.29 is 12.8 Å². The highest BCUT2D eigenvalue weighted by atomic mass is 35.5. The van der Waals surface area contributed by atoms with Crippen molar-refractivity contribution in [3.05, 3.63) is 30.1 Å². The molecular weight excluding hydrogens is 291 g/mol. The highest BCUT2D eigenvalue weighted by Gasteiger charge is 2.31. The molecule has 0 bridgehead atoms. The van der Waals surface area contributed by atoms with Crippen LogP contribution in [0.3, 0.4) is 0 Å². The summed E-state index contributed by atoms with van der Waals surface area (Å²) in [5.41, 5.74) is 5.60. The van der Waals surface area contributed by atoms with E-state index in [1.807, 2.05) is 0 Å². The summed E-state index contributed by atoms with van der Waals surface area (Å²) in [6.07, 6.45) is 2.63. The smallest absolute Gasteiger partial charge is 0.243 e. The number of halogens is 2. The van der Waals surface area contributed by atoms with Crippen molar-refractivity contribution in [2.45, 2.75) is 30.2 Å². The molecular formula is C12H18ClFN2O2S. The van der Waals surface area contributed by atoms with Crippen molar-refractivity contribution in [3.8, 4) is 0 Å². The number of hydrogen-bond acceptors (Lipinski definition) is 3. The van der Waals surface area contributed by atoms with Crippen LogP contribution in [0.4, 0.5) is 4.39 Å². The van der Waals surface area contributed by atoms with E-state index in [0.29, 0.717) is 6.54 Å². The van der Waals surface area contributed by atoms with Gasteiger partial charge in [-0.15, -0.1) is 12.4 Å². The first-order valence-electron chi connectivity index (χ1n) is 6.01. The van der Waals surface area contributed by atoms with Gasteiger partial charge in [-0.25, -0.2) is 17.5 Å². The van der Waals surface area contributed by atoms with Gasteiger partial charge in [0, 0.05) is 6.04 Å². The zero-order chi connectivity index (χ0) is 13.2. The van der Waals surface area contributed by atoms with Gasteiger partial charge in [0.1, 0.15) is 10.7 Å². The van der Waals surface area contributed by atoms with E-state index in [1.165, 1.54) is 18.2 Å². The Bertz CT molecular complexity index is 524. The monoisotopic (exact) mass is 308 g/mol. The highest BCUT2D eigenvalue weighted by Crippen LogP contribution is 2.26. The lowest BCUT2D eigenvalue weighted by atomic mass is 10.1. The SMILES string of the molecule is Cl.NCC1CCCC1NS(=O)(=O)c1ccccc1F. The summed E-state index contributed by atoms with van der Waals surface area (Å²) in [5, 5.41) is 0. The van der Waals surface area contributed by atoms with Crippen LogP contribution >= 0.6 is 12.4 Å². The Morgan fingerprint density at radius 1 is 1.32 bits per heavy atom. The molecule has 19 heavy (non-hydrogen) atoms. The molecule has 0 saturated heterocycles. The maximum Gasteiger partial charge on any atom is 0.243 e. The molecule has 0 aromatic heterocycles. The molecule has 0 radical (unpaired) electrons. The second-order valence-corrected chi connectivity index (χ2v) is 6.27. The Kier molecular flexibility index (Phi) is 5.73. The van der Waals surface area contributed by atoms with Crippen molar-refractivity contribution in [1.82, 2.24) is 4.72 Å². The van der Waals surface area contributed by atoms with Gasteiger partial charge >= 0.3 is 0 Å². The number of rotatable bonds is 4. The molecule has 1 aliphatic carbocycles. The first kappa shape index (κ1) is 16.4. The third-order valence-electron chi connectivity index (χ3n) is 3.39. The zero-order valence-electron chi connectivity index (χ0n) is 10.4. The maximum absolute atomic E-state index is 13.5. The molecule has 0 amide bonds. The van der Waals surface area contributed by atoms with E-state index in [2.05, 4.69) is 4.72 Å². The van der Waals surface area contributed by atoms with Crippen LogP contribution in [0.5, 0.6) is 0 Å².